The minimum absolute atomic E-state index is 0.0551. The maximum absolute atomic E-state index is 12.6. The Morgan fingerprint density at radius 2 is 2.00 bits per heavy atom. The van der Waals surface area contributed by atoms with E-state index in [2.05, 4.69) is 5.32 Å². The van der Waals surface area contributed by atoms with Crippen LogP contribution in [0.15, 0.2) is 52.3 Å². The Bertz CT molecular complexity index is 971. The number of nitrogens with one attached hydrogen (secondary N) is 1. The molecule has 26 heavy (non-hydrogen) atoms. The lowest BCUT2D eigenvalue weighted by atomic mass is 10.2. The van der Waals surface area contributed by atoms with Crippen LogP contribution < -0.4 is 5.32 Å². The summed E-state index contributed by atoms with van der Waals surface area (Å²) >= 11 is 7.31. The van der Waals surface area contributed by atoms with Crippen molar-refractivity contribution in [3.8, 4) is 6.07 Å². The number of hydrogen-bond donors (Lipinski definition) is 1. The van der Waals surface area contributed by atoms with Crippen molar-refractivity contribution < 1.29 is 13.2 Å². The number of halogens is 1. The second-order valence-corrected chi connectivity index (χ2v) is 8.56. The fraction of sp³-hybridized carbons (Fsp3) is 0.176. The van der Waals surface area contributed by atoms with Crippen molar-refractivity contribution in [1.29, 1.82) is 5.26 Å². The third-order valence-corrected chi connectivity index (χ3v) is 6.44. The van der Waals surface area contributed by atoms with Crippen molar-refractivity contribution in [3.05, 3.63) is 53.1 Å². The van der Waals surface area contributed by atoms with Gasteiger partial charge in [0.2, 0.25) is 15.9 Å². The molecule has 136 valence electrons. The third-order valence-electron chi connectivity index (χ3n) is 3.51. The van der Waals surface area contributed by atoms with Gasteiger partial charge in [0.1, 0.15) is 6.07 Å². The molecule has 2 aromatic rings. The molecular weight excluding hydrogens is 394 g/mol. The molecule has 6 nitrogen and oxygen atoms in total. The lowest BCUT2D eigenvalue weighted by Gasteiger charge is -2.17. The third kappa shape index (κ3) is 4.56. The molecule has 0 radical (unpaired) electrons. The van der Waals surface area contributed by atoms with E-state index in [4.69, 9.17) is 16.9 Å². The second kappa shape index (κ2) is 8.56. The Kier molecular flexibility index (Phi) is 6.67. The van der Waals surface area contributed by atoms with E-state index in [0.29, 0.717) is 5.69 Å². The number of nitriles is 1. The van der Waals surface area contributed by atoms with Gasteiger partial charge in [-0.25, -0.2) is 8.42 Å². The number of carbonyl (C=O) groups excluding carboxylic acids is 1. The van der Waals surface area contributed by atoms with Gasteiger partial charge in [-0.1, -0.05) is 23.7 Å². The highest BCUT2D eigenvalue weighted by Gasteiger charge is 2.24. The summed E-state index contributed by atoms with van der Waals surface area (Å²) in [6.45, 7) is -0.366. The molecule has 0 aliphatic rings. The van der Waals surface area contributed by atoms with Crippen LogP contribution >= 0.6 is 23.4 Å². The van der Waals surface area contributed by atoms with E-state index in [1.54, 1.807) is 12.1 Å². The van der Waals surface area contributed by atoms with E-state index in [0.717, 1.165) is 9.20 Å². The number of anilines is 1. The molecule has 0 atom stereocenters. The number of carbonyl (C=O) groups is 1. The first kappa shape index (κ1) is 20.3. The van der Waals surface area contributed by atoms with Crippen LogP contribution in [-0.4, -0.2) is 38.5 Å². The largest absolute Gasteiger partial charge is 0.324 e. The summed E-state index contributed by atoms with van der Waals surface area (Å²) in [6, 6.07) is 12.9. The fourth-order valence-electron chi connectivity index (χ4n) is 2.16. The topological polar surface area (TPSA) is 90.3 Å². The summed E-state index contributed by atoms with van der Waals surface area (Å²) in [7, 11) is -2.63. The number of thioether (sulfide) groups is 1. The predicted molar refractivity (Wildman–Crippen MR) is 103 cm³/mol. The van der Waals surface area contributed by atoms with Crippen LogP contribution in [0.2, 0.25) is 5.02 Å². The maximum atomic E-state index is 12.6. The lowest BCUT2D eigenvalue weighted by molar-refractivity contribution is -0.116. The molecule has 0 fully saturated rings. The van der Waals surface area contributed by atoms with Crippen LogP contribution in [0.5, 0.6) is 0 Å². The van der Waals surface area contributed by atoms with Crippen molar-refractivity contribution >= 4 is 45.0 Å². The average molecular weight is 410 g/mol. The summed E-state index contributed by atoms with van der Waals surface area (Å²) in [5.74, 6) is -0.466. The van der Waals surface area contributed by atoms with Gasteiger partial charge in [-0.05, 0) is 36.6 Å². The number of rotatable bonds is 6. The Hall–Kier alpha value is -2.05. The first-order chi connectivity index (χ1) is 12.3. The highest BCUT2D eigenvalue weighted by atomic mass is 35.5. The van der Waals surface area contributed by atoms with Crippen molar-refractivity contribution in [2.45, 2.75) is 9.79 Å². The zero-order valence-electron chi connectivity index (χ0n) is 14.1. The van der Waals surface area contributed by atoms with Crippen LogP contribution in [-0.2, 0) is 14.8 Å². The number of likely N-dealkylation sites (N-methyl/N-ethyl adjacent to an activating group) is 1. The summed E-state index contributed by atoms with van der Waals surface area (Å²) in [5, 5.41) is 11.9. The Balaban J connectivity index is 2.16. The van der Waals surface area contributed by atoms with Gasteiger partial charge in [-0.3, -0.25) is 4.79 Å². The van der Waals surface area contributed by atoms with Gasteiger partial charge in [0.05, 0.1) is 27.7 Å². The van der Waals surface area contributed by atoms with Crippen LogP contribution in [0.25, 0.3) is 0 Å². The van der Waals surface area contributed by atoms with Crippen molar-refractivity contribution in [2.24, 2.45) is 0 Å². The molecule has 0 aliphatic heterocycles. The minimum atomic E-state index is -3.93. The van der Waals surface area contributed by atoms with Gasteiger partial charge in [-0.15, -0.1) is 11.8 Å². The van der Waals surface area contributed by atoms with E-state index in [9.17, 15) is 13.2 Å². The first-order valence-electron chi connectivity index (χ1n) is 7.38. The monoisotopic (exact) mass is 409 g/mol. The van der Waals surface area contributed by atoms with Crippen LogP contribution in [0, 0.1) is 11.3 Å². The first-order valence-corrected chi connectivity index (χ1v) is 10.4. The van der Waals surface area contributed by atoms with E-state index >= 15 is 0 Å². The van der Waals surface area contributed by atoms with E-state index in [1.165, 1.54) is 37.0 Å². The van der Waals surface area contributed by atoms with Crippen LogP contribution in [0.1, 0.15) is 5.56 Å². The molecular formula is C17H16ClN3O3S2. The molecule has 2 aromatic carbocycles. The maximum Gasteiger partial charge on any atom is 0.243 e. The zero-order valence-corrected chi connectivity index (χ0v) is 16.5. The molecule has 0 heterocycles. The van der Waals surface area contributed by atoms with Crippen LogP contribution in [0.4, 0.5) is 5.69 Å². The quantitative estimate of drug-likeness (QED) is 0.740. The van der Waals surface area contributed by atoms with E-state index < -0.39 is 15.9 Å². The van der Waals surface area contributed by atoms with Gasteiger partial charge >= 0.3 is 0 Å². The van der Waals surface area contributed by atoms with Gasteiger partial charge in [-0.2, -0.15) is 9.57 Å². The number of amides is 1. The average Bonchev–Trinajstić information content (AvgIpc) is 2.62. The molecule has 0 unspecified atom stereocenters. The Labute approximate surface area is 161 Å². The summed E-state index contributed by atoms with van der Waals surface area (Å²) in [4.78, 5) is 13.0. The number of nitrogens with zero attached hydrogens (tertiary/aromatic N) is 2. The molecule has 0 aliphatic carbocycles. The molecule has 1 N–H and O–H groups in total. The summed E-state index contributed by atoms with van der Waals surface area (Å²) in [6.07, 6.45) is 1.88. The minimum Gasteiger partial charge on any atom is -0.324 e. The van der Waals surface area contributed by atoms with Crippen LogP contribution in [0.3, 0.4) is 0 Å². The molecule has 0 saturated carbocycles. The molecule has 0 saturated heterocycles. The van der Waals surface area contributed by atoms with E-state index in [-0.39, 0.29) is 22.0 Å². The van der Waals surface area contributed by atoms with Gasteiger partial charge in [0.15, 0.2) is 0 Å². The highest BCUT2D eigenvalue weighted by molar-refractivity contribution is 7.98. The molecule has 1 amide bonds. The SMILES string of the molecule is CSc1ccccc1NC(=O)CN(C)S(=O)(=O)c1ccc(Cl)c(C#N)c1. The molecule has 0 bridgehead atoms. The molecule has 0 spiro atoms. The van der Waals surface area contributed by atoms with Gasteiger partial charge in [0, 0.05) is 11.9 Å². The Morgan fingerprint density at radius 3 is 2.65 bits per heavy atom. The summed E-state index contributed by atoms with van der Waals surface area (Å²) < 4.78 is 26.1. The van der Waals surface area contributed by atoms with Gasteiger partial charge < -0.3 is 5.32 Å². The van der Waals surface area contributed by atoms with Gasteiger partial charge in [0.25, 0.3) is 0 Å². The summed E-state index contributed by atoms with van der Waals surface area (Å²) in [5.41, 5.74) is 0.675. The smallest absolute Gasteiger partial charge is 0.243 e. The molecule has 0 aromatic heterocycles. The van der Waals surface area contributed by atoms with Crippen molar-refractivity contribution in [2.75, 3.05) is 25.2 Å². The number of sulfonamides is 1. The fourth-order valence-corrected chi connectivity index (χ4v) is 4.02. The lowest BCUT2D eigenvalue weighted by Crippen LogP contribution is -2.35. The Morgan fingerprint density at radius 1 is 1.31 bits per heavy atom. The van der Waals surface area contributed by atoms with E-state index in [1.807, 2.05) is 24.5 Å². The normalized spacial score (nSPS) is 11.2. The van der Waals surface area contributed by atoms with Crippen molar-refractivity contribution in [3.63, 3.8) is 0 Å². The van der Waals surface area contributed by atoms with Crippen molar-refractivity contribution in [1.82, 2.24) is 4.31 Å². The molecule has 9 heteroatoms. The standard InChI is InChI=1S/C17H16ClN3O3S2/c1-21(11-17(22)20-15-5-3-4-6-16(15)25-2)26(23,24)13-7-8-14(18)12(9-13)10-19/h3-9H,11H2,1-2H3,(H,20,22). The zero-order chi connectivity index (χ0) is 19.3. The highest BCUT2D eigenvalue weighted by Crippen LogP contribution is 2.25. The number of benzene rings is 2. The molecule has 2 rings (SSSR count). The number of hydrogen-bond acceptors (Lipinski definition) is 5. The number of para-hydroxylation sites is 1. The second-order valence-electron chi connectivity index (χ2n) is 5.26. The predicted octanol–water partition coefficient (Wildman–Crippen LogP) is 3.19.